The van der Waals surface area contributed by atoms with Crippen molar-refractivity contribution in [1.29, 1.82) is 0 Å². The van der Waals surface area contributed by atoms with Crippen LogP contribution in [-0.4, -0.2) is 26.1 Å². The number of fused-ring (bicyclic) bond motifs is 1. The second-order valence-electron chi connectivity index (χ2n) is 5.98. The van der Waals surface area contributed by atoms with Gasteiger partial charge in [-0.2, -0.15) is 0 Å². The molecule has 1 atom stereocenters. The number of aromatic nitrogens is 3. The summed E-state index contributed by atoms with van der Waals surface area (Å²) in [7, 11) is 0. The summed E-state index contributed by atoms with van der Waals surface area (Å²) in [6.45, 7) is 1.83. The fraction of sp³-hybridized carbons (Fsp3) is 0.105. The maximum Gasteiger partial charge on any atom is 0.239 e. The summed E-state index contributed by atoms with van der Waals surface area (Å²) in [5.41, 5.74) is 3.40. The van der Waals surface area contributed by atoms with Gasteiger partial charge in [-0.25, -0.2) is 9.97 Å². The van der Waals surface area contributed by atoms with Gasteiger partial charge < -0.3 is 10.3 Å². The number of nitrogens with zero attached hydrogens (tertiary/aromatic N) is 2. The zero-order valence-corrected chi connectivity index (χ0v) is 17.7. The highest BCUT2D eigenvalue weighted by atomic mass is 35.5. The van der Waals surface area contributed by atoms with E-state index < -0.39 is 0 Å². The fourth-order valence-electron chi connectivity index (χ4n) is 2.53. The highest BCUT2D eigenvalue weighted by Gasteiger charge is 2.18. The Hall–Kier alpha value is -2.06. The summed E-state index contributed by atoms with van der Waals surface area (Å²) in [6, 6.07) is 13.1. The number of imidazole rings is 1. The molecule has 0 aliphatic heterocycles. The van der Waals surface area contributed by atoms with Crippen molar-refractivity contribution in [2.75, 3.05) is 5.32 Å². The van der Waals surface area contributed by atoms with E-state index in [0.717, 1.165) is 22.3 Å². The highest BCUT2D eigenvalue weighted by Crippen LogP contribution is 2.31. The lowest BCUT2D eigenvalue weighted by atomic mass is 10.2. The fourth-order valence-corrected chi connectivity index (χ4v) is 4.37. The van der Waals surface area contributed by atoms with E-state index in [4.69, 9.17) is 23.2 Å². The smallest absolute Gasteiger partial charge is 0.239 e. The number of carbonyl (C=O) groups excluding carboxylic acids is 1. The van der Waals surface area contributed by atoms with Gasteiger partial charge in [0.25, 0.3) is 0 Å². The topological polar surface area (TPSA) is 70.7 Å². The first-order valence-electron chi connectivity index (χ1n) is 8.33. The van der Waals surface area contributed by atoms with E-state index in [2.05, 4.69) is 20.3 Å². The average Bonchev–Trinajstić information content (AvgIpc) is 3.30. The molecule has 0 spiro atoms. The molecule has 0 bridgehead atoms. The Morgan fingerprint density at radius 2 is 2.00 bits per heavy atom. The number of hydrogen-bond acceptors (Lipinski definition) is 5. The van der Waals surface area contributed by atoms with Crippen LogP contribution >= 0.6 is 46.3 Å². The number of halogens is 2. The predicted octanol–water partition coefficient (Wildman–Crippen LogP) is 6.11. The van der Waals surface area contributed by atoms with E-state index in [9.17, 15) is 4.79 Å². The third-order valence-electron chi connectivity index (χ3n) is 3.97. The van der Waals surface area contributed by atoms with Crippen LogP contribution in [0.15, 0.2) is 53.0 Å². The molecule has 0 saturated heterocycles. The summed E-state index contributed by atoms with van der Waals surface area (Å²) >= 11 is 14.7. The number of benzene rings is 2. The highest BCUT2D eigenvalue weighted by molar-refractivity contribution is 8.00. The van der Waals surface area contributed by atoms with E-state index in [1.165, 1.54) is 23.1 Å². The minimum atomic E-state index is -0.335. The molecule has 0 aliphatic rings. The number of hydrogen-bond donors (Lipinski definition) is 2. The molecule has 4 aromatic rings. The SMILES string of the molecule is CC(Sc1nc2ccccc2[nH]1)C(=O)Nc1nc(-c2ccc(Cl)c(Cl)c2)cs1. The molecule has 0 aliphatic carbocycles. The number of anilines is 1. The number of aromatic amines is 1. The van der Waals surface area contributed by atoms with Crippen molar-refractivity contribution in [2.24, 2.45) is 0 Å². The van der Waals surface area contributed by atoms with Crippen LogP contribution in [0.2, 0.25) is 10.0 Å². The summed E-state index contributed by atoms with van der Waals surface area (Å²) in [5, 5.41) is 6.59. The Morgan fingerprint density at radius 1 is 1.18 bits per heavy atom. The van der Waals surface area contributed by atoms with Crippen molar-refractivity contribution >= 4 is 68.4 Å². The number of nitrogens with one attached hydrogen (secondary N) is 2. The van der Waals surface area contributed by atoms with Crippen molar-refractivity contribution in [3.05, 3.63) is 57.9 Å². The lowest BCUT2D eigenvalue weighted by molar-refractivity contribution is -0.115. The molecule has 2 aromatic carbocycles. The zero-order valence-electron chi connectivity index (χ0n) is 14.6. The van der Waals surface area contributed by atoms with Gasteiger partial charge >= 0.3 is 0 Å². The van der Waals surface area contributed by atoms with Gasteiger partial charge in [0.15, 0.2) is 10.3 Å². The van der Waals surface area contributed by atoms with Gasteiger partial charge in [0.05, 0.1) is 32.0 Å². The van der Waals surface area contributed by atoms with Crippen LogP contribution in [0.1, 0.15) is 6.92 Å². The average molecular weight is 449 g/mol. The van der Waals surface area contributed by atoms with Crippen LogP contribution in [0.5, 0.6) is 0 Å². The number of carbonyl (C=O) groups is 1. The third kappa shape index (κ3) is 4.17. The summed E-state index contributed by atoms with van der Waals surface area (Å²) in [5.74, 6) is -0.138. The van der Waals surface area contributed by atoms with Crippen LogP contribution in [0.25, 0.3) is 22.3 Å². The number of thioether (sulfide) groups is 1. The van der Waals surface area contributed by atoms with Crippen molar-refractivity contribution in [1.82, 2.24) is 15.0 Å². The normalized spacial score (nSPS) is 12.2. The van der Waals surface area contributed by atoms with Crippen LogP contribution < -0.4 is 5.32 Å². The van der Waals surface area contributed by atoms with E-state index in [0.29, 0.717) is 20.3 Å². The lowest BCUT2D eigenvalue weighted by Gasteiger charge is -2.08. The molecule has 9 heteroatoms. The number of amides is 1. The molecule has 28 heavy (non-hydrogen) atoms. The molecule has 142 valence electrons. The van der Waals surface area contributed by atoms with Crippen LogP contribution in [0.4, 0.5) is 5.13 Å². The van der Waals surface area contributed by atoms with E-state index in [1.54, 1.807) is 12.1 Å². The number of thiazole rings is 1. The molecule has 0 radical (unpaired) electrons. The van der Waals surface area contributed by atoms with Crippen LogP contribution in [-0.2, 0) is 4.79 Å². The van der Waals surface area contributed by atoms with Gasteiger partial charge in [0, 0.05) is 10.9 Å². The predicted molar refractivity (Wildman–Crippen MR) is 118 cm³/mol. The minimum absolute atomic E-state index is 0.138. The largest absolute Gasteiger partial charge is 0.333 e. The molecular formula is C19H14Cl2N4OS2. The van der Waals surface area contributed by atoms with Crippen molar-refractivity contribution in [3.8, 4) is 11.3 Å². The van der Waals surface area contributed by atoms with Gasteiger partial charge in [0.1, 0.15) is 0 Å². The number of rotatable bonds is 5. The standard InChI is InChI=1S/C19H14Cl2N4OS2/c1-10(28-19-22-14-4-2-3-5-15(14)23-19)17(26)25-18-24-16(9-27-18)11-6-7-12(20)13(21)8-11/h2-10H,1H3,(H,22,23)(H,24,25,26). The molecule has 2 aromatic heterocycles. The van der Waals surface area contributed by atoms with Gasteiger partial charge in [-0.1, -0.05) is 53.2 Å². The maximum absolute atomic E-state index is 12.5. The number of para-hydroxylation sites is 2. The molecule has 2 heterocycles. The van der Waals surface area contributed by atoms with E-state index >= 15 is 0 Å². The Bertz CT molecular complexity index is 1120. The Balaban J connectivity index is 1.43. The van der Waals surface area contributed by atoms with Crippen molar-refractivity contribution in [2.45, 2.75) is 17.3 Å². The Labute approximate surface area is 179 Å². The van der Waals surface area contributed by atoms with Crippen LogP contribution in [0.3, 0.4) is 0 Å². The molecule has 2 N–H and O–H groups in total. The van der Waals surface area contributed by atoms with Gasteiger partial charge in [0.2, 0.25) is 5.91 Å². The molecule has 0 fully saturated rings. The van der Waals surface area contributed by atoms with E-state index in [1.807, 2.05) is 42.6 Å². The number of H-pyrrole nitrogens is 1. The van der Waals surface area contributed by atoms with Gasteiger partial charge in [-0.15, -0.1) is 11.3 Å². The van der Waals surface area contributed by atoms with Gasteiger partial charge in [-0.05, 0) is 31.2 Å². The van der Waals surface area contributed by atoms with Crippen molar-refractivity contribution in [3.63, 3.8) is 0 Å². The van der Waals surface area contributed by atoms with E-state index in [-0.39, 0.29) is 11.2 Å². The monoisotopic (exact) mass is 448 g/mol. The van der Waals surface area contributed by atoms with Gasteiger partial charge in [-0.3, -0.25) is 4.79 Å². The minimum Gasteiger partial charge on any atom is -0.333 e. The third-order valence-corrected chi connectivity index (χ3v) is 6.46. The summed E-state index contributed by atoms with van der Waals surface area (Å²) in [4.78, 5) is 24.7. The first kappa shape index (κ1) is 19.3. The molecule has 5 nitrogen and oxygen atoms in total. The van der Waals surface area contributed by atoms with Crippen LogP contribution in [0, 0.1) is 0 Å². The molecule has 1 unspecified atom stereocenters. The maximum atomic E-state index is 12.5. The lowest BCUT2D eigenvalue weighted by Crippen LogP contribution is -2.22. The second kappa shape index (κ2) is 8.13. The first-order valence-corrected chi connectivity index (χ1v) is 10.8. The molecular weight excluding hydrogens is 435 g/mol. The first-order chi connectivity index (χ1) is 13.5. The summed E-state index contributed by atoms with van der Waals surface area (Å²) < 4.78 is 0. The molecule has 4 rings (SSSR count). The zero-order chi connectivity index (χ0) is 19.7. The second-order valence-corrected chi connectivity index (χ2v) is 8.98. The molecule has 1 amide bonds. The van der Waals surface area contributed by atoms with Crippen molar-refractivity contribution < 1.29 is 4.79 Å². The quantitative estimate of drug-likeness (QED) is 0.361. The molecule has 0 saturated carbocycles. The Kier molecular flexibility index (Phi) is 5.59. The Morgan fingerprint density at radius 3 is 2.79 bits per heavy atom. The summed E-state index contributed by atoms with van der Waals surface area (Å²) in [6.07, 6.45) is 0.